The van der Waals surface area contributed by atoms with E-state index in [1.165, 1.54) is 12.1 Å². The number of likely N-dealkylation sites (tertiary alicyclic amines) is 1. The van der Waals surface area contributed by atoms with E-state index in [0.717, 1.165) is 96.4 Å². The average molecular weight is 850 g/mol. The Labute approximate surface area is 350 Å². The van der Waals surface area contributed by atoms with Gasteiger partial charge in [0, 0.05) is 44.4 Å². The molecule has 0 saturated carbocycles. The third kappa shape index (κ3) is 12.9. The van der Waals surface area contributed by atoms with Gasteiger partial charge in [-0.25, -0.2) is 4.98 Å². The summed E-state index contributed by atoms with van der Waals surface area (Å²) in [5.41, 5.74) is -0.884. The molecule has 0 bridgehead atoms. The van der Waals surface area contributed by atoms with Gasteiger partial charge in [0.15, 0.2) is 5.75 Å². The molecule has 1 saturated heterocycles. The van der Waals surface area contributed by atoms with Gasteiger partial charge in [0.2, 0.25) is 0 Å². The van der Waals surface area contributed by atoms with Gasteiger partial charge < -0.3 is 33.3 Å². The molecule has 4 aromatic rings. The zero-order valence-electron chi connectivity index (χ0n) is 35.7. The summed E-state index contributed by atoms with van der Waals surface area (Å²) in [7, 11) is 0. The molecule has 0 unspecified atom stereocenters. The number of imidazole rings is 1. The van der Waals surface area contributed by atoms with E-state index >= 15 is 0 Å². The highest BCUT2D eigenvalue weighted by atomic mass is 19.4. The molecule has 3 aromatic carbocycles. The maximum Gasteiger partial charge on any atom is 0.416 e. The van der Waals surface area contributed by atoms with E-state index in [1.807, 2.05) is 12.1 Å². The summed E-state index contributed by atoms with van der Waals surface area (Å²) in [6.07, 6.45) is -4.46. The number of ether oxygens (including phenoxy) is 4. The van der Waals surface area contributed by atoms with Gasteiger partial charge in [0.1, 0.15) is 40.9 Å². The Hall–Kier alpha value is -4.21. The molecule has 0 radical (unpaired) electrons. The van der Waals surface area contributed by atoms with Crippen molar-refractivity contribution in [3.63, 3.8) is 0 Å². The molecule has 0 aliphatic carbocycles. The number of fused-ring (bicyclic) bond motifs is 1. The minimum atomic E-state index is -5.02. The maximum atomic E-state index is 13.7. The van der Waals surface area contributed by atoms with Crippen LogP contribution in [0.5, 0.6) is 28.7 Å². The van der Waals surface area contributed by atoms with Crippen molar-refractivity contribution in [2.75, 3.05) is 78.7 Å². The number of hydrogen-bond donors (Lipinski definition) is 0. The van der Waals surface area contributed by atoms with Crippen molar-refractivity contribution < 1.29 is 45.3 Å². The van der Waals surface area contributed by atoms with Gasteiger partial charge in [0.25, 0.3) is 0 Å². The second kappa shape index (κ2) is 22.1. The Kier molecular flexibility index (Phi) is 17.2. The highest BCUT2D eigenvalue weighted by Crippen LogP contribution is 2.42. The SMILES string of the molecule is CCCCn1c(-c2ccc(Oc3cc(C(F)(F)F)cc(C(F)(F)F)c3)cc2OCCN2CCCC2)nc2c(OCCCN(CC)CC)cc(OCCCN(CC)CC)cc21. The minimum Gasteiger partial charge on any atom is -0.493 e. The van der Waals surface area contributed by atoms with E-state index in [9.17, 15) is 26.3 Å². The van der Waals surface area contributed by atoms with Crippen LogP contribution < -0.4 is 18.9 Å². The lowest BCUT2D eigenvalue weighted by Gasteiger charge is -2.19. The van der Waals surface area contributed by atoms with Gasteiger partial charge in [-0.15, -0.1) is 0 Å². The number of nitrogens with zero attached hydrogens (tertiary/aromatic N) is 5. The lowest BCUT2D eigenvalue weighted by molar-refractivity contribution is -0.143. The Morgan fingerprint density at radius 3 is 1.78 bits per heavy atom. The normalized spacial score (nSPS) is 13.9. The predicted octanol–water partition coefficient (Wildman–Crippen LogP) is 11.0. The Balaban J connectivity index is 1.57. The summed E-state index contributed by atoms with van der Waals surface area (Å²) < 4.78 is 109. The number of aryl methyl sites for hydroxylation is 1. The summed E-state index contributed by atoms with van der Waals surface area (Å²) in [6, 6.07) is 9.79. The Morgan fingerprint density at radius 1 is 0.617 bits per heavy atom. The molecule has 1 aliphatic rings. The summed E-state index contributed by atoms with van der Waals surface area (Å²) in [4.78, 5) is 12.2. The van der Waals surface area contributed by atoms with Crippen molar-refractivity contribution in [2.24, 2.45) is 0 Å². The first-order chi connectivity index (χ1) is 28.8. The summed E-state index contributed by atoms with van der Waals surface area (Å²) in [5.74, 6) is 1.56. The van der Waals surface area contributed by atoms with Gasteiger partial charge in [-0.05, 0) is 102 Å². The number of benzene rings is 3. The van der Waals surface area contributed by atoms with Crippen LogP contribution in [-0.4, -0.2) is 103 Å². The monoisotopic (exact) mass is 849 g/mol. The predicted molar refractivity (Wildman–Crippen MR) is 224 cm³/mol. The summed E-state index contributed by atoms with van der Waals surface area (Å²) >= 11 is 0. The molecule has 332 valence electrons. The second-order valence-corrected chi connectivity index (χ2v) is 15.1. The van der Waals surface area contributed by atoms with Gasteiger partial charge in [-0.1, -0.05) is 41.0 Å². The molecule has 60 heavy (non-hydrogen) atoms. The number of unbranched alkanes of at least 4 members (excludes halogenated alkanes) is 1. The fourth-order valence-corrected chi connectivity index (χ4v) is 7.42. The van der Waals surface area contributed by atoms with Gasteiger partial charge in [0.05, 0.1) is 35.4 Å². The summed E-state index contributed by atoms with van der Waals surface area (Å²) in [5, 5.41) is 0. The fraction of sp³-hybridized carbons (Fsp3) is 0.578. The molecule has 1 aromatic heterocycles. The molecule has 0 amide bonds. The Morgan fingerprint density at radius 2 is 1.20 bits per heavy atom. The van der Waals surface area contributed by atoms with E-state index < -0.39 is 29.2 Å². The highest BCUT2D eigenvalue weighted by molar-refractivity contribution is 5.88. The maximum absolute atomic E-state index is 13.7. The van der Waals surface area contributed by atoms with Crippen LogP contribution in [0.2, 0.25) is 0 Å². The van der Waals surface area contributed by atoms with Gasteiger partial charge >= 0.3 is 12.4 Å². The van der Waals surface area contributed by atoms with E-state index in [1.54, 1.807) is 6.07 Å². The largest absolute Gasteiger partial charge is 0.493 e. The van der Waals surface area contributed by atoms with E-state index in [2.05, 4.69) is 53.9 Å². The number of hydrogen-bond acceptors (Lipinski definition) is 8. The van der Waals surface area contributed by atoms with Crippen molar-refractivity contribution >= 4 is 11.0 Å². The van der Waals surface area contributed by atoms with Crippen molar-refractivity contribution in [1.29, 1.82) is 0 Å². The first kappa shape index (κ1) is 46.8. The van der Waals surface area contributed by atoms with E-state index in [0.29, 0.717) is 79.2 Å². The topological polar surface area (TPSA) is 64.5 Å². The van der Waals surface area contributed by atoms with Crippen LogP contribution in [0, 0.1) is 0 Å². The van der Waals surface area contributed by atoms with Gasteiger partial charge in [-0.3, -0.25) is 4.90 Å². The average Bonchev–Trinajstić information content (AvgIpc) is 3.87. The molecule has 9 nitrogen and oxygen atoms in total. The molecule has 1 fully saturated rings. The van der Waals surface area contributed by atoms with Crippen molar-refractivity contribution in [3.05, 3.63) is 59.7 Å². The zero-order chi connectivity index (χ0) is 43.3. The van der Waals surface area contributed by atoms with Crippen molar-refractivity contribution in [1.82, 2.24) is 24.3 Å². The third-order valence-electron chi connectivity index (χ3n) is 10.9. The molecule has 0 N–H and O–H groups in total. The van der Waals surface area contributed by atoms with Crippen LogP contribution in [0.25, 0.3) is 22.4 Å². The lowest BCUT2D eigenvalue weighted by atomic mass is 10.1. The molecule has 15 heteroatoms. The number of alkyl halides is 6. The Bertz CT molecular complexity index is 1910. The van der Waals surface area contributed by atoms with Gasteiger partial charge in [-0.2, -0.15) is 26.3 Å². The first-order valence-corrected chi connectivity index (χ1v) is 21.5. The number of rotatable bonds is 24. The third-order valence-corrected chi connectivity index (χ3v) is 10.9. The van der Waals surface area contributed by atoms with Crippen molar-refractivity contribution in [3.8, 4) is 40.1 Å². The molecule has 0 spiro atoms. The molecule has 2 heterocycles. The van der Waals surface area contributed by atoms with Crippen LogP contribution in [0.15, 0.2) is 48.5 Å². The van der Waals surface area contributed by atoms with Crippen LogP contribution in [0.4, 0.5) is 26.3 Å². The quantitative estimate of drug-likeness (QED) is 0.0510. The van der Waals surface area contributed by atoms with E-state index in [4.69, 9.17) is 23.9 Å². The highest BCUT2D eigenvalue weighted by Gasteiger charge is 2.37. The lowest BCUT2D eigenvalue weighted by Crippen LogP contribution is -2.25. The molecule has 1 aliphatic heterocycles. The zero-order valence-corrected chi connectivity index (χ0v) is 35.7. The number of halogens is 6. The van der Waals surface area contributed by atoms with Crippen LogP contribution >= 0.6 is 0 Å². The standard InChI is InChI=1S/C45H61F6N5O4/c1-6-11-22-56-39-30-36(57-24-14-20-53(7-2)8-3)32-41(58-25-15-21-54(9-4)10-5)42(39)52-43(56)38-17-16-35(31-40(38)59-26-23-55-18-12-13-19-55)60-37-28-33(44(46,47)48)27-34(29-37)45(49,50)51/h16-17,27-32H,6-15,18-26H2,1-5H3. The van der Waals surface area contributed by atoms with Crippen LogP contribution in [-0.2, 0) is 18.9 Å². The number of aromatic nitrogens is 2. The van der Waals surface area contributed by atoms with Crippen molar-refractivity contribution in [2.45, 2.75) is 92.0 Å². The summed E-state index contributed by atoms with van der Waals surface area (Å²) in [6.45, 7) is 20.7. The second-order valence-electron chi connectivity index (χ2n) is 15.1. The van der Waals surface area contributed by atoms with Crippen LogP contribution in [0.3, 0.4) is 0 Å². The first-order valence-electron chi connectivity index (χ1n) is 21.5. The van der Waals surface area contributed by atoms with Crippen LogP contribution in [0.1, 0.15) is 84.3 Å². The van der Waals surface area contributed by atoms with E-state index in [-0.39, 0.29) is 11.8 Å². The minimum absolute atomic E-state index is 0.0104. The smallest absolute Gasteiger partial charge is 0.416 e. The molecular formula is C45H61F6N5O4. The molecule has 5 rings (SSSR count). The molecule has 0 atom stereocenters. The molecular weight excluding hydrogens is 789 g/mol. The fourth-order valence-electron chi connectivity index (χ4n) is 7.42.